The van der Waals surface area contributed by atoms with E-state index in [0.29, 0.717) is 4.73 Å². The largest absolute Gasteiger partial charge is 0.618 e. The summed E-state index contributed by atoms with van der Waals surface area (Å²) in [4.78, 5) is 11.7. The summed E-state index contributed by atoms with van der Waals surface area (Å²) in [5.41, 5.74) is 0.0520. The van der Waals surface area contributed by atoms with Gasteiger partial charge in [0, 0.05) is 18.7 Å². The first kappa shape index (κ1) is 12.8. The molecular weight excluding hydrogens is 232 g/mol. The lowest BCUT2D eigenvalue weighted by Crippen LogP contribution is -2.42. The van der Waals surface area contributed by atoms with Gasteiger partial charge in [0.2, 0.25) is 0 Å². The summed E-state index contributed by atoms with van der Waals surface area (Å²) >= 11 is 0. The standard InChI is InChI=1S/C13H18N2O3/c16-12(10-5-1-2-6-10)9-14-13(17)11-7-3-4-8-15(11)18/h3-4,7-8,10,12,16H,1-2,5-6,9H2,(H,14,17). The van der Waals surface area contributed by atoms with Crippen molar-refractivity contribution in [3.8, 4) is 0 Å². The van der Waals surface area contributed by atoms with E-state index >= 15 is 0 Å². The van der Waals surface area contributed by atoms with Crippen LogP contribution in [0.2, 0.25) is 0 Å². The van der Waals surface area contributed by atoms with Gasteiger partial charge in [-0.15, -0.1) is 0 Å². The summed E-state index contributed by atoms with van der Waals surface area (Å²) in [6, 6.07) is 4.66. The van der Waals surface area contributed by atoms with Crippen LogP contribution in [-0.4, -0.2) is 23.7 Å². The van der Waals surface area contributed by atoms with Gasteiger partial charge in [-0.25, -0.2) is 0 Å². The van der Waals surface area contributed by atoms with E-state index in [9.17, 15) is 15.1 Å². The normalized spacial score (nSPS) is 17.6. The van der Waals surface area contributed by atoms with Gasteiger partial charge in [-0.05, 0) is 24.8 Å². The number of carbonyl (C=O) groups excluding carboxylic acids is 1. The average molecular weight is 250 g/mol. The third-order valence-electron chi connectivity index (χ3n) is 3.47. The van der Waals surface area contributed by atoms with Crippen LogP contribution < -0.4 is 10.0 Å². The zero-order valence-electron chi connectivity index (χ0n) is 10.2. The second kappa shape index (κ2) is 5.82. The van der Waals surface area contributed by atoms with E-state index in [2.05, 4.69) is 5.32 Å². The maximum atomic E-state index is 11.7. The summed E-state index contributed by atoms with van der Waals surface area (Å²) in [5.74, 6) is -0.164. The minimum atomic E-state index is -0.514. The van der Waals surface area contributed by atoms with Crippen LogP contribution >= 0.6 is 0 Å². The van der Waals surface area contributed by atoms with E-state index in [1.54, 1.807) is 12.1 Å². The molecule has 1 aliphatic carbocycles. The van der Waals surface area contributed by atoms with Gasteiger partial charge in [0.05, 0.1) is 6.10 Å². The minimum absolute atomic E-state index is 0.0520. The van der Waals surface area contributed by atoms with Crippen molar-refractivity contribution < 1.29 is 14.6 Å². The topological polar surface area (TPSA) is 76.3 Å². The first-order valence-corrected chi connectivity index (χ1v) is 6.33. The predicted octanol–water partition coefficient (Wildman–Crippen LogP) is 0.601. The van der Waals surface area contributed by atoms with Crippen LogP contribution in [0.25, 0.3) is 0 Å². The highest BCUT2D eigenvalue weighted by atomic mass is 16.5. The molecule has 0 bridgehead atoms. The summed E-state index contributed by atoms with van der Waals surface area (Å²) in [5, 5.41) is 23.9. The number of rotatable bonds is 4. The Morgan fingerprint density at radius 2 is 2.22 bits per heavy atom. The third kappa shape index (κ3) is 2.98. The van der Waals surface area contributed by atoms with Gasteiger partial charge in [-0.3, -0.25) is 4.79 Å². The molecule has 1 unspecified atom stereocenters. The lowest BCUT2D eigenvalue weighted by Gasteiger charge is -2.17. The van der Waals surface area contributed by atoms with E-state index < -0.39 is 12.0 Å². The maximum absolute atomic E-state index is 11.7. The molecule has 0 aliphatic heterocycles. The molecular formula is C13H18N2O3. The van der Waals surface area contributed by atoms with Crippen LogP contribution in [0.1, 0.15) is 36.2 Å². The van der Waals surface area contributed by atoms with Crippen molar-refractivity contribution in [3.05, 3.63) is 35.3 Å². The molecule has 2 N–H and O–H groups in total. The van der Waals surface area contributed by atoms with E-state index in [1.165, 1.54) is 12.3 Å². The number of hydrogen-bond donors (Lipinski definition) is 2. The smallest absolute Gasteiger partial charge is 0.317 e. The number of aliphatic hydroxyl groups excluding tert-OH is 1. The molecule has 1 saturated carbocycles. The second-order valence-electron chi connectivity index (χ2n) is 4.73. The maximum Gasteiger partial charge on any atom is 0.317 e. The zero-order valence-corrected chi connectivity index (χ0v) is 10.2. The summed E-state index contributed by atoms with van der Waals surface area (Å²) in [7, 11) is 0. The number of aliphatic hydroxyl groups is 1. The third-order valence-corrected chi connectivity index (χ3v) is 3.47. The fourth-order valence-electron chi connectivity index (χ4n) is 2.40. The Hall–Kier alpha value is -1.62. The van der Waals surface area contributed by atoms with Gasteiger partial charge >= 0.3 is 5.91 Å². The summed E-state index contributed by atoms with van der Waals surface area (Å²) < 4.78 is 0.525. The van der Waals surface area contributed by atoms with Crippen molar-refractivity contribution in [1.82, 2.24) is 5.32 Å². The van der Waals surface area contributed by atoms with Crippen LogP contribution in [0, 0.1) is 11.1 Å². The number of aromatic nitrogens is 1. The molecule has 0 spiro atoms. The first-order chi connectivity index (χ1) is 8.68. The van der Waals surface area contributed by atoms with Crippen molar-refractivity contribution in [1.29, 1.82) is 0 Å². The van der Waals surface area contributed by atoms with E-state index in [-0.39, 0.29) is 18.2 Å². The number of nitrogens with one attached hydrogen (secondary N) is 1. The zero-order chi connectivity index (χ0) is 13.0. The van der Waals surface area contributed by atoms with E-state index in [1.807, 2.05) is 0 Å². The van der Waals surface area contributed by atoms with Crippen molar-refractivity contribution >= 4 is 5.91 Å². The second-order valence-corrected chi connectivity index (χ2v) is 4.73. The minimum Gasteiger partial charge on any atom is -0.618 e. The molecule has 0 saturated heterocycles. The Balaban J connectivity index is 1.86. The highest BCUT2D eigenvalue weighted by molar-refractivity contribution is 5.90. The molecule has 98 valence electrons. The highest BCUT2D eigenvalue weighted by Gasteiger charge is 2.24. The van der Waals surface area contributed by atoms with Crippen LogP contribution in [-0.2, 0) is 0 Å². The number of hydrogen-bond acceptors (Lipinski definition) is 3. The molecule has 5 nitrogen and oxygen atoms in total. The van der Waals surface area contributed by atoms with Crippen LogP contribution in [0.5, 0.6) is 0 Å². The van der Waals surface area contributed by atoms with Crippen LogP contribution in [0.3, 0.4) is 0 Å². The van der Waals surface area contributed by atoms with Crippen LogP contribution in [0.15, 0.2) is 24.4 Å². The first-order valence-electron chi connectivity index (χ1n) is 6.33. The molecule has 2 rings (SSSR count). The predicted molar refractivity (Wildman–Crippen MR) is 65.7 cm³/mol. The Morgan fingerprint density at radius 3 is 2.89 bits per heavy atom. The quantitative estimate of drug-likeness (QED) is 0.607. The monoisotopic (exact) mass is 250 g/mol. The molecule has 1 aromatic heterocycles. The van der Waals surface area contributed by atoms with Gasteiger partial charge in [0.1, 0.15) is 0 Å². The molecule has 1 aliphatic rings. The SMILES string of the molecule is O=C(NCC(O)C1CCCC1)c1cccc[n+]1[O-]. The number of nitrogens with zero attached hydrogens (tertiary/aromatic N) is 1. The summed E-state index contributed by atoms with van der Waals surface area (Å²) in [6.07, 6.45) is 5.10. The average Bonchev–Trinajstić information content (AvgIpc) is 2.90. The fraction of sp³-hybridized carbons (Fsp3) is 0.538. The molecule has 1 aromatic rings. The van der Waals surface area contributed by atoms with Crippen molar-refractivity contribution in [2.75, 3.05) is 6.54 Å². The molecule has 1 atom stereocenters. The molecule has 1 amide bonds. The lowest BCUT2D eigenvalue weighted by atomic mass is 10.0. The van der Waals surface area contributed by atoms with Crippen molar-refractivity contribution in [2.24, 2.45) is 5.92 Å². The summed E-state index contributed by atoms with van der Waals surface area (Å²) in [6.45, 7) is 0.207. The van der Waals surface area contributed by atoms with Gasteiger partial charge < -0.3 is 15.6 Å². The van der Waals surface area contributed by atoms with Gasteiger partial charge in [-0.2, -0.15) is 4.73 Å². The lowest BCUT2D eigenvalue weighted by molar-refractivity contribution is -0.607. The fourth-order valence-corrected chi connectivity index (χ4v) is 2.40. The molecule has 1 heterocycles. The van der Waals surface area contributed by atoms with Crippen molar-refractivity contribution in [3.63, 3.8) is 0 Å². The Bertz CT molecular complexity index is 416. The molecule has 0 aromatic carbocycles. The van der Waals surface area contributed by atoms with E-state index in [0.717, 1.165) is 25.7 Å². The Kier molecular flexibility index (Phi) is 4.15. The number of pyridine rings is 1. The molecule has 1 fully saturated rings. The van der Waals surface area contributed by atoms with E-state index in [4.69, 9.17) is 0 Å². The molecule has 18 heavy (non-hydrogen) atoms. The van der Waals surface area contributed by atoms with Gasteiger partial charge in [-0.1, -0.05) is 12.8 Å². The van der Waals surface area contributed by atoms with Gasteiger partial charge in [0.15, 0.2) is 6.20 Å². The Labute approximate surface area is 106 Å². The molecule has 5 heteroatoms. The van der Waals surface area contributed by atoms with Crippen molar-refractivity contribution in [2.45, 2.75) is 31.8 Å². The number of carbonyl (C=O) groups is 1. The van der Waals surface area contributed by atoms with Gasteiger partial charge in [0.25, 0.3) is 5.69 Å². The van der Waals surface area contributed by atoms with Crippen LogP contribution in [0.4, 0.5) is 0 Å². The molecule has 0 radical (unpaired) electrons. The highest BCUT2D eigenvalue weighted by Crippen LogP contribution is 2.27. The number of amides is 1. The Morgan fingerprint density at radius 1 is 1.50 bits per heavy atom.